The summed E-state index contributed by atoms with van der Waals surface area (Å²) in [6, 6.07) is 22.7. The fraction of sp³-hybridized carbons (Fsp3) is 0.0800. The molecule has 1 aromatic heterocycles. The van der Waals surface area contributed by atoms with Gasteiger partial charge in [-0.15, -0.1) is 0 Å². The third kappa shape index (κ3) is 3.72. The van der Waals surface area contributed by atoms with Crippen LogP contribution in [0.25, 0.3) is 10.9 Å². The summed E-state index contributed by atoms with van der Waals surface area (Å²) < 4.78 is 33.2. The van der Waals surface area contributed by atoms with E-state index >= 15 is 0 Å². The molecule has 0 amide bonds. The summed E-state index contributed by atoms with van der Waals surface area (Å²) in [6.07, 6.45) is 0. The molecule has 0 radical (unpaired) electrons. The molecule has 4 rings (SSSR count). The maximum atomic E-state index is 13.6. The third-order valence-corrected chi connectivity index (χ3v) is 6.60. The number of para-hydroxylation sites is 1. The second-order valence-corrected chi connectivity index (χ2v) is 8.72. The number of ether oxygens (including phenoxy) is 1. The van der Waals surface area contributed by atoms with Crippen molar-refractivity contribution in [3.05, 3.63) is 101 Å². The van der Waals surface area contributed by atoms with Crippen molar-refractivity contribution in [2.24, 2.45) is 0 Å². The Hall–Kier alpha value is -3.82. The number of esters is 1. The fourth-order valence-electron chi connectivity index (χ4n) is 3.34. The number of hydrogen-bond donors (Lipinski definition) is 0. The molecule has 0 N–H and O–H groups in total. The first kappa shape index (κ1) is 20.5. The molecular weight excluding hydrogens is 410 g/mol. The van der Waals surface area contributed by atoms with Crippen LogP contribution in [0.4, 0.5) is 0 Å². The number of hydrogen-bond acceptors (Lipinski definition) is 4. The predicted molar refractivity (Wildman–Crippen MR) is 119 cm³/mol. The van der Waals surface area contributed by atoms with E-state index in [1.165, 1.54) is 19.2 Å². The van der Waals surface area contributed by atoms with Crippen molar-refractivity contribution < 1.29 is 17.9 Å². The van der Waals surface area contributed by atoms with E-state index in [1.807, 2.05) is 37.3 Å². The summed E-state index contributed by atoms with van der Waals surface area (Å²) in [4.78, 5) is 12.9. The maximum Gasteiger partial charge on any atom is 0.357 e. The number of fused-ring (bicyclic) bond motifs is 1. The molecule has 4 aromatic rings. The highest BCUT2D eigenvalue weighted by Crippen LogP contribution is 2.30. The second kappa shape index (κ2) is 8.13. The standard InChI is InChI=1S/C25H19NO4S/c1-18-12-15-20(16-13-18)31(28,29)26-23-11-7-6-10-21(23)22(24(26)25(27)30-2)17-14-19-8-4-3-5-9-19/h3-13,15-16H,1-2H3. The molecule has 1 heterocycles. The average molecular weight is 429 g/mol. The zero-order valence-corrected chi connectivity index (χ0v) is 17.8. The smallest absolute Gasteiger partial charge is 0.357 e. The minimum absolute atomic E-state index is 0.0755. The lowest BCUT2D eigenvalue weighted by molar-refractivity contribution is 0.0593. The number of aryl methyl sites for hydroxylation is 1. The van der Waals surface area contributed by atoms with Crippen LogP contribution >= 0.6 is 0 Å². The first-order valence-corrected chi connectivity index (χ1v) is 11.0. The lowest BCUT2D eigenvalue weighted by Gasteiger charge is -2.11. The molecule has 31 heavy (non-hydrogen) atoms. The second-order valence-electron chi connectivity index (χ2n) is 6.93. The number of aromatic nitrogens is 1. The van der Waals surface area contributed by atoms with Crippen LogP contribution in [0.1, 0.15) is 27.2 Å². The molecule has 0 fully saturated rings. The average Bonchev–Trinajstić information content (AvgIpc) is 3.13. The molecule has 0 atom stereocenters. The Bertz CT molecular complexity index is 1440. The fourth-order valence-corrected chi connectivity index (χ4v) is 4.86. The zero-order valence-electron chi connectivity index (χ0n) is 17.0. The van der Waals surface area contributed by atoms with Gasteiger partial charge in [-0.05, 0) is 37.3 Å². The van der Waals surface area contributed by atoms with Gasteiger partial charge in [-0.3, -0.25) is 0 Å². The lowest BCUT2D eigenvalue weighted by Crippen LogP contribution is -2.20. The molecule has 154 valence electrons. The van der Waals surface area contributed by atoms with E-state index in [0.29, 0.717) is 16.5 Å². The van der Waals surface area contributed by atoms with Crippen molar-refractivity contribution >= 4 is 26.9 Å². The van der Waals surface area contributed by atoms with Gasteiger partial charge in [-0.25, -0.2) is 17.2 Å². The monoisotopic (exact) mass is 429 g/mol. The Labute approximate surface area is 181 Å². The van der Waals surface area contributed by atoms with Crippen LogP contribution in [0.3, 0.4) is 0 Å². The van der Waals surface area contributed by atoms with Gasteiger partial charge in [0.05, 0.1) is 23.1 Å². The summed E-state index contributed by atoms with van der Waals surface area (Å²) in [5.41, 5.74) is 2.23. The Kier molecular flexibility index (Phi) is 5.37. The van der Waals surface area contributed by atoms with Gasteiger partial charge in [0.2, 0.25) is 0 Å². The summed E-state index contributed by atoms with van der Waals surface area (Å²) in [7, 11) is -2.86. The summed E-state index contributed by atoms with van der Waals surface area (Å²) in [5.74, 6) is 5.25. The van der Waals surface area contributed by atoms with E-state index in [2.05, 4.69) is 11.8 Å². The third-order valence-electron chi connectivity index (χ3n) is 4.88. The lowest BCUT2D eigenvalue weighted by atomic mass is 10.1. The topological polar surface area (TPSA) is 65.4 Å². The number of nitrogens with zero attached hydrogens (tertiary/aromatic N) is 1. The summed E-state index contributed by atoms with van der Waals surface area (Å²) in [6.45, 7) is 1.87. The van der Waals surface area contributed by atoms with Crippen molar-refractivity contribution in [1.82, 2.24) is 3.97 Å². The first-order valence-electron chi connectivity index (χ1n) is 9.54. The highest BCUT2D eigenvalue weighted by atomic mass is 32.2. The van der Waals surface area contributed by atoms with Crippen molar-refractivity contribution in [1.29, 1.82) is 0 Å². The molecule has 0 saturated carbocycles. The van der Waals surface area contributed by atoms with Crippen LogP contribution in [-0.4, -0.2) is 25.5 Å². The molecule has 0 bridgehead atoms. The van der Waals surface area contributed by atoms with Crippen molar-refractivity contribution in [2.75, 3.05) is 7.11 Å². The molecule has 0 saturated heterocycles. The number of methoxy groups -OCH3 is 1. The minimum atomic E-state index is -4.08. The SMILES string of the molecule is COC(=O)c1c(C#Cc2ccccc2)c2ccccc2n1S(=O)(=O)c1ccc(C)cc1. The van der Waals surface area contributed by atoms with Gasteiger partial charge in [0, 0.05) is 10.9 Å². The van der Waals surface area contributed by atoms with Gasteiger partial charge < -0.3 is 4.74 Å². The van der Waals surface area contributed by atoms with Crippen LogP contribution in [0.2, 0.25) is 0 Å². The highest BCUT2D eigenvalue weighted by molar-refractivity contribution is 7.90. The van der Waals surface area contributed by atoms with E-state index in [4.69, 9.17) is 4.74 Å². The van der Waals surface area contributed by atoms with Gasteiger partial charge in [0.1, 0.15) is 0 Å². The maximum absolute atomic E-state index is 13.6. The van der Waals surface area contributed by atoms with Crippen molar-refractivity contribution in [3.8, 4) is 11.8 Å². The van der Waals surface area contributed by atoms with Crippen LogP contribution < -0.4 is 0 Å². The van der Waals surface area contributed by atoms with Gasteiger partial charge in [-0.1, -0.05) is 65.9 Å². The first-order chi connectivity index (χ1) is 14.9. The molecule has 0 spiro atoms. The molecule has 0 aliphatic carbocycles. The van der Waals surface area contributed by atoms with Crippen LogP contribution in [0.5, 0.6) is 0 Å². The Morgan fingerprint density at radius 1 is 0.871 bits per heavy atom. The van der Waals surface area contributed by atoms with E-state index < -0.39 is 16.0 Å². The predicted octanol–water partition coefficient (Wildman–Crippen LogP) is 4.37. The van der Waals surface area contributed by atoms with E-state index in [0.717, 1.165) is 15.1 Å². The molecular formula is C25H19NO4S. The Morgan fingerprint density at radius 2 is 1.52 bits per heavy atom. The van der Waals surface area contributed by atoms with Crippen molar-refractivity contribution in [3.63, 3.8) is 0 Å². The Morgan fingerprint density at radius 3 is 2.19 bits per heavy atom. The number of carbonyl (C=O) groups is 1. The van der Waals surface area contributed by atoms with E-state index in [-0.39, 0.29) is 10.6 Å². The number of rotatable bonds is 3. The van der Waals surface area contributed by atoms with E-state index in [1.54, 1.807) is 36.4 Å². The molecule has 0 aliphatic rings. The van der Waals surface area contributed by atoms with Gasteiger partial charge >= 0.3 is 5.97 Å². The van der Waals surface area contributed by atoms with Crippen molar-refractivity contribution in [2.45, 2.75) is 11.8 Å². The molecule has 5 nitrogen and oxygen atoms in total. The quantitative estimate of drug-likeness (QED) is 0.358. The molecule has 0 unspecified atom stereocenters. The minimum Gasteiger partial charge on any atom is -0.464 e. The van der Waals surface area contributed by atoms with Crippen LogP contribution in [0.15, 0.2) is 83.8 Å². The molecule has 6 heteroatoms. The van der Waals surface area contributed by atoms with Crippen LogP contribution in [-0.2, 0) is 14.8 Å². The zero-order chi connectivity index (χ0) is 22.0. The van der Waals surface area contributed by atoms with Gasteiger partial charge in [-0.2, -0.15) is 0 Å². The largest absolute Gasteiger partial charge is 0.464 e. The van der Waals surface area contributed by atoms with Crippen LogP contribution in [0, 0.1) is 18.8 Å². The molecule has 3 aromatic carbocycles. The summed E-state index contributed by atoms with van der Waals surface area (Å²) >= 11 is 0. The number of carbonyl (C=O) groups excluding carboxylic acids is 1. The van der Waals surface area contributed by atoms with Gasteiger partial charge in [0.15, 0.2) is 5.69 Å². The summed E-state index contributed by atoms with van der Waals surface area (Å²) in [5, 5.41) is 0.557. The highest BCUT2D eigenvalue weighted by Gasteiger charge is 2.30. The molecule has 0 aliphatic heterocycles. The Balaban J connectivity index is 2.05. The van der Waals surface area contributed by atoms with E-state index in [9.17, 15) is 13.2 Å². The van der Waals surface area contributed by atoms with Gasteiger partial charge in [0.25, 0.3) is 10.0 Å². The number of benzene rings is 3. The normalized spacial score (nSPS) is 11.0.